The summed E-state index contributed by atoms with van der Waals surface area (Å²) in [5.41, 5.74) is 4.56. The van der Waals surface area contributed by atoms with Gasteiger partial charge in [0.2, 0.25) is 5.91 Å². The molecule has 0 unspecified atom stereocenters. The van der Waals surface area contributed by atoms with Crippen LogP contribution in [-0.4, -0.2) is 5.91 Å². The first-order valence-electron chi connectivity index (χ1n) is 8.70. The maximum absolute atomic E-state index is 13.2. The highest BCUT2D eigenvalue weighted by atomic mass is 79.9. The number of para-hydroxylation sites is 1. The summed E-state index contributed by atoms with van der Waals surface area (Å²) in [6.45, 7) is 0. The van der Waals surface area contributed by atoms with Gasteiger partial charge in [0.1, 0.15) is 4.75 Å². The van der Waals surface area contributed by atoms with Crippen molar-refractivity contribution in [2.45, 2.75) is 9.64 Å². The molecule has 0 bridgehead atoms. The third kappa shape index (κ3) is 2.85. The average molecular weight is 470 g/mol. The number of hydrogen-bond acceptors (Lipinski definition) is 3. The monoisotopic (exact) mass is 468 g/mol. The van der Waals surface area contributed by atoms with Crippen molar-refractivity contribution in [2.24, 2.45) is 0 Å². The molecule has 3 nitrogen and oxygen atoms in total. The van der Waals surface area contributed by atoms with Crippen LogP contribution in [0.2, 0.25) is 5.02 Å². The van der Waals surface area contributed by atoms with Gasteiger partial charge in [-0.25, -0.2) is 0 Å². The van der Waals surface area contributed by atoms with Gasteiger partial charge >= 0.3 is 0 Å². The molecule has 1 atom stereocenters. The molecule has 2 aliphatic rings. The van der Waals surface area contributed by atoms with Crippen molar-refractivity contribution in [3.63, 3.8) is 0 Å². The summed E-state index contributed by atoms with van der Waals surface area (Å²) in [5.74, 6) is -0.0436. The number of halogens is 2. The largest absolute Gasteiger partial charge is 0.354 e. The molecule has 3 aromatic carbocycles. The molecule has 3 aromatic rings. The highest BCUT2D eigenvalue weighted by molar-refractivity contribution is 9.10. The maximum atomic E-state index is 13.2. The van der Waals surface area contributed by atoms with Crippen LogP contribution in [0.5, 0.6) is 0 Å². The first kappa shape index (κ1) is 17.9. The van der Waals surface area contributed by atoms with Gasteiger partial charge < -0.3 is 10.6 Å². The minimum absolute atomic E-state index is 0.0436. The van der Waals surface area contributed by atoms with E-state index < -0.39 is 4.75 Å². The SMILES string of the molecule is O=C1Nc2ccccc2[C@]12C=C(c1ccc(Br)cc1)Nc1cc(Cl)ccc1S2. The highest BCUT2D eigenvalue weighted by Gasteiger charge is 2.48. The van der Waals surface area contributed by atoms with Crippen molar-refractivity contribution in [3.8, 4) is 0 Å². The van der Waals surface area contributed by atoms with Crippen molar-refractivity contribution < 1.29 is 4.79 Å². The summed E-state index contributed by atoms with van der Waals surface area (Å²) >= 11 is 11.3. The second-order valence-electron chi connectivity index (χ2n) is 6.67. The van der Waals surface area contributed by atoms with Crippen molar-refractivity contribution in [1.82, 2.24) is 0 Å². The first-order chi connectivity index (χ1) is 13.5. The first-order valence-corrected chi connectivity index (χ1v) is 10.7. The van der Waals surface area contributed by atoms with Gasteiger partial charge in [-0.15, -0.1) is 0 Å². The summed E-state index contributed by atoms with van der Waals surface area (Å²) in [5, 5.41) is 7.19. The minimum Gasteiger partial charge on any atom is -0.354 e. The molecular weight excluding hydrogens is 456 g/mol. The fourth-order valence-electron chi connectivity index (χ4n) is 3.56. The number of hydrogen-bond donors (Lipinski definition) is 2. The topological polar surface area (TPSA) is 41.1 Å². The van der Waals surface area contributed by atoms with E-state index in [1.165, 1.54) is 11.8 Å². The van der Waals surface area contributed by atoms with Crippen LogP contribution in [-0.2, 0) is 9.54 Å². The van der Waals surface area contributed by atoms with Gasteiger partial charge in [-0.2, -0.15) is 0 Å². The van der Waals surface area contributed by atoms with Crippen LogP contribution in [0, 0.1) is 0 Å². The normalized spacial score (nSPS) is 19.9. The molecule has 0 saturated heterocycles. The lowest BCUT2D eigenvalue weighted by atomic mass is 9.96. The lowest BCUT2D eigenvalue weighted by molar-refractivity contribution is -0.116. The Bertz CT molecular complexity index is 1150. The average Bonchev–Trinajstić information content (AvgIpc) is 2.84. The zero-order valence-electron chi connectivity index (χ0n) is 14.5. The Labute approximate surface area is 180 Å². The summed E-state index contributed by atoms with van der Waals surface area (Å²) in [6.07, 6.45) is 2.02. The number of anilines is 2. The summed E-state index contributed by atoms with van der Waals surface area (Å²) in [7, 11) is 0. The number of carbonyl (C=O) groups excluding carboxylic acids is 1. The quantitative estimate of drug-likeness (QED) is 0.427. The van der Waals surface area contributed by atoms with Gasteiger partial charge in [-0.05, 0) is 48.0 Å². The molecule has 6 heteroatoms. The fourth-order valence-corrected chi connectivity index (χ4v) is 5.31. The van der Waals surface area contributed by atoms with Gasteiger partial charge in [-0.1, -0.05) is 69.6 Å². The Morgan fingerprint density at radius 2 is 1.71 bits per heavy atom. The molecule has 1 spiro atoms. The molecule has 1 amide bonds. The molecule has 0 radical (unpaired) electrons. The van der Waals surface area contributed by atoms with Gasteiger partial charge in [0.15, 0.2) is 0 Å². The van der Waals surface area contributed by atoms with Crippen LogP contribution in [0.15, 0.2) is 82.2 Å². The molecule has 2 heterocycles. The number of amides is 1. The molecule has 5 rings (SSSR count). The van der Waals surface area contributed by atoms with E-state index in [1.807, 2.05) is 72.8 Å². The number of rotatable bonds is 1. The predicted molar refractivity (Wildman–Crippen MR) is 120 cm³/mol. The zero-order chi connectivity index (χ0) is 19.3. The molecular formula is C22H14BrClN2OS. The van der Waals surface area contributed by atoms with Crippen molar-refractivity contribution >= 4 is 62.3 Å². The molecule has 0 fully saturated rings. The van der Waals surface area contributed by atoms with E-state index in [0.717, 1.165) is 37.6 Å². The Morgan fingerprint density at radius 1 is 0.929 bits per heavy atom. The number of nitrogens with one attached hydrogen (secondary N) is 2. The fraction of sp³-hybridized carbons (Fsp3) is 0.0455. The Kier molecular flexibility index (Phi) is 4.27. The summed E-state index contributed by atoms with van der Waals surface area (Å²) in [4.78, 5) is 14.2. The molecule has 2 aliphatic heterocycles. The molecule has 0 saturated carbocycles. The highest BCUT2D eigenvalue weighted by Crippen LogP contribution is 2.54. The second-order valence-corrected chi connectivity index (χ2v) is 9.31. The van der Waals surface area contributed by atoms with Crippen molar-refractivity contribution in [1.29, 1.82) is 0 Å². The molecule has 0 aromatic heterocycles. The van der Waals surface area contributed by atoms with E-state index in [0.29, 0.717) is 5.02 Å². The smallest absolute Gasteiger partial charge is 0.249 e. The Hall–Kier alpha value is -2.21. The Balaban J connectivity index is 1.76. The number of benzene rings is 3. The van der Waals surface area contributed by atoms with Crippen molar-refractivity contribution in [3.05, 3.63) is 93.4 Å². The minimum atomic E-state index is -0.856. The number of fused-ring (bicyclic) bond motifs is 3. The molecule has 28 heavy (non-hydrogen) atoms. The van der Waals surface area contributed by atoms with Crippen LogP contribution >= 0.6 is 39.3 Å². The van der Waals surface area contributed by atoms with Crippen molar-refractivity contribution in [2.75, 3.05) is 10.6 Å². The van der Waals surface area contributed by atoms with E-state index >= 15 is 0 Å². The second kappa shape index (κ2) is 6.69. The number of thioether (sulfide) groups is 1. The van der Waals surface area contributed by atoms with Crippen LogP contribution in [0.1, 0.15) is 11.1 Å². The van der Waals surface area contributed by atoms with E-state index in [1.54, 1.807) is 0 Å². The standard InChI is InChI=1S/C22H14BrClN2OS/c23-14-7-5-13(6-8-14)19-12-22(16-3-1-2-4-17(16)26-21(22)27)28-20-10-9-15(24)11-18(20)25-19/h1-12,25H,(H,26,27)/t22-/m1/s1. The van der Waals surface area contributed by atoms with Gasteiger partial charge in [0.25, 0.3) is 0 Å². The van der Waals surface area contributed by atoms with E-state index in [9.17, 15) is 4.79 Å². The lowest BCUT2D eigenvalue weighted by Crippen LogP contribution is -2.29. The third-order valence-corrected chi connectivity index (χ3v) is 7.08. The molecule has 138 valence electrons. The van der Waals surface area contributed by atoms with Gasteiger partial charge in [0.05, 0.1) is 5.69 Å². The van der Waals surface area contributed by atoms with Crippen LogP contribution in [0.25, 0.3) is 5.70 Å². The molecule has 2 N–H and O–H groups in total. The van der Waals surface area contributed by atoms with Crippen LogP contribution < -0.4 is 10.6 Å². The summed E-state index contributed by atoms with van der Waals surface area (Å²) in [6, 6.07) is 21.6. The Morgan fingerprint density at radius 3 is 2.54 bits per heavy atom. The lowest BCUT2D eigenvalue weighted by Gasteiger charge is -2.22. The maximum Gasteiger partial charge on any atom is 0.249 e. The van der Waals surface area contributed by atoms with Gasteiger partial charge in [-0.3, -0.25) is 4.79 Å². The molecule has 0 aliphatic carbocycles. The van der Waals surface area contributed by atoms with Crippen LogP contribution in [0.4, 0.5) is 11.4 Å². The van der Waals surface area contributed by atoms with E-state index in [-0.39, 0.29) is 5.91 Å². The van der Waals surface area contributed by atoms with E-state index in [4.69, 9.17) is 11.6 Å². The number of carbonyl (C=O) groups is 1. The van der Waals surface area contributed by atoms with Gasteiger partial charge in [0, 0.05) is 31.3 Å². The summed E-state index contributed by atoms with van der Waals surface area (Å²) < 4.78 is 0.146. The van der Waals surface area contributed by atoms with Crippen LogP contribution in [0.3, 0.4) is 0 Å². The zero-order valence-corrected chi connectivity index (χ0v) is 17.7. The third-order valence-electron chi connectivity index (χ3n) is 4.90. The predicted octanol–water partition coefficient (Wildman–Crippen LogP) is 6.51. The van der Waals surface area contributed by atoms with E-state index in [2.05, 4.69) is 26.6 Å².